The van der Waals surface area contributed by atoms with Crippen LogP contribution < -0.4 is 5.32 Å². The van der Waals surface area contributed by atoms with Crippen molar-refractivity contribution in [2.24, 2.45) is 0 Å². The number of hydrogen-bond donors (Lipinski definition) is 2. The monoisotopic (exact) mass is 343 g/mol. The Morgan fingerprint density at radius 2 is 2.16 bits per heavy atom. The normalized spacial score (nSPS) is 15.4. The number of ether oxygens (including phenoxy) is 1. The molecule has 1 fully saturated rings. The van der Waals surface area contributed by atoms with Crippen molar-refractivity contribution < 1.29 is 19.4 Å². The summed E-state index contributed by atoms with van der Waals surface area (Å²) in [5.74, 6) is -1.09. The Balaban J connectivity index is 1.61. The third-order valence-electron chi connectivity index (χ3n) is 4.65. The lowest BCUT2D eigenvalue weighted by Gasteiger charge is -2.39. The van der Waals surface area contributed by atoms with E-state index in [1.807, 2.05) is 24.3 Å². The molecule has 1 aliphatic carbocycles. The van der Waals surface area contributed by atoms with E-state index in [-0.39, 0.29) is 17.2 Å². The van der Waals surface area contributed by atoms with Crippen LogP contribution in [0.15, 0.2) is 36.5 Å². The highest BCUT2D eigenvalue weighted by Gasteiger charge is 2.38. The van der Waals surface area contributed by atoms with Gasteiger partial charge in [-0.05, 0) is 43.0 Å². The van der Waals surface area contributed by atoms with E-state index in [1.54, 1.807) is 13.3 Å². The highest BCUT2D eigenvalue weighted by atomic mass is 16.5. The van der Waals surface area contributed by atoms with Crippen LogP contribution in [-0.4, -0.2) is 39.5 Å². The first-order valence-corrected chi connectivity index (χ1v) is 8.21. The standard InChI is InChI=1S/C18H21N3O4/c1-25-18(7-3-8-18)11-16(22)19-12-13-4-2-5-14(10-13)21-9-6-15(20-21)17(23)24/h2,4-6,9-10H,3,7-8,11-12H2,1H3,(H,19,22)(H,23,24). The molecule has 1 aromatic heterocycles. The molecule has 1 saturated carbocycles. The molecular weight excluding hydrogens is 322 g/mol. The largest absolute Gasteiger partial charge is 0.476 e. The van der Waals surface area contributed by atoms with Crippen LogP contribution in [0.1, 0.15) is 41.7 Å². The van der Waals surface area contributed by atoms with Crippen molar-refractivity contribution in [3.05, 3.63) is 47.8 Å². The van der Waals surface area contributed by atoms with Gasteiger partial charge in [0.25, 0.3) is 0 Å². The summed E-state index contributed by atoms with van der Waals surface area (Å²) in [6, 6.07) is 8.90. The lowest BCUT2D eigenvalue weighted by Crippen LogP contribution is -2.43. The number of carboxylic acids is 1. The average Bonchev–Trinajstić information content (AvgIpc) is 3.07. The Labute approximate surface area is 145 Å². The number of nitrogens with one attached hydrogen (secondary N) is 1. The van der Waals surface area contributed by atoms with Crippen molar-refractivity contribution in [3.63, 3.8) is 0 Å². The fourth-order valence-corrected chi connectivity index (χ4v) is 2.97. The fraction of sp³-hybridized carbons (Fsp3) is 0.389. The van der Waals surface area contributed by atoms with Crippen molar-refractivity contribution in [2.45, 2.75) is 37.8 Å². The molecule has 1 heterocycles. The van der Waals surface area contributed by atoms with Crippen molar-refractivity contribution in [1.29, 1.82) is 0 Å². The van der Waals surface area contributed by atoms with E-state index in [2.05, 4.69) is 10.4 Å². The van der Waals surface area contributed by atoms with Crippen molar-refractivity contribution in [2.75, 3.05) is 7.11 Å². The maximum atomic E-state index is 12.1. The lowest BCUT2D eigenvalue weighted by atomic mass is 9.77. The van der Waals surface area contributed by atoms with Crippen LogP contribution in [-0.2, 0) is 16.1 Å². The molecule has 2 aromatic rings. The van der Waals surface area contributed by atoms with Crippen LogP contribution in [0.5, 0.6) is 0 Å². The average molecular weight is 343 g/mol. The summed E-state index contributed by atoms with van der Waals surface area (Å²) in [7, 11) is 1.66. The highest BCUT2D eigenvalue weighted by Crippen LogP contribution is 2.37. The summed E-state index contributed by atoms with van der Waals surface area (Å²) < 4.78 is 6.98. The number of amides is 1. The van der Waals surface area contributed by atoms with Crippen LogP contribution in [0.3, 0.4) is 0 Å². The molecule has 0 spiro atoms. The molecule has 1 aromatic carbocycles. The number of methoxy groups -OCH3 is 1. The van der Waals surface area contributed by atoms with Gasteiger partial charge in [-0.1, -0.05) is 12.1 Å². The van der Waals surface area contributed by atoms with Gasteiger partial charge in [-0.15, -0.1) is 0 Å². The Morgan fingerprint density at radius 3 is 2.76 bits per heavy atom. The lowest BCUT2D eigenvalue weighted by molar-refractivity contribution is -0.134. The van der Waals surface area contributed by atoms with Crippen LogP contribution in [0.25, 0.3) is 5.69 Å². The first-order chi connectivity index (χ1) is 12.0. The van der Waals surface area contributed by atoms with E-state index in [4.69, 9.17) is 9.84 Å². The molecule has 0 unspecified atom stereocenters. The Kier molecular flexibility index (Phi) is 4.85. The molecule has 1 aliphatic rings. The van der Waals surface area contributed by atoms with Crippen LogP contribution in [0.4, 0.5) is 0 Å². The first-order valence-electron chi connectivity index (χ1n) is 8.21. The van der Waals surface area contributed by atoms with Gasteiger partial charge >= 0.3 is 5.97 Å². The number of carbonyl (C=O) groups is 2. The molecule has 1 amide bonds. The second-order valence-electron chi connectivity index (χ2n) is 6.31. The van der Waals surface area contributed by atoms with E-state index in [0.29, 0.717) is 13.0 Å². The minimum atomic E-state index is -1.06. The molecule has 25 heavy (non-hydrogen) atoms. The van der Waals surface area contributed by atoms with Crippen molar-refractivity contribution >= 4 is 11.9 Å². The zero-order valence-electron chi connectivity index (χ0n) is 14.1. The maximum Gasteiger partial charge on any atom is 0.356 e. The summed E-state index contributed by atoms with van der Waals surface area (Å²) in [5, 5.41) is 15.9. The van der Waals surface area contributed by atoms with Gasteiger partial charge in [-0.25, -0.2) is 9.48 Å². The van der Waals surface area contributed by atoms with Gasteiger partial charge in [0.05, 0.1) is 17.7 Å². The predicted molar refractivity (Wildman–Crippen MR) is 90.6 cm³/mol. The Morgan fingerprint density at radius 1 is 1.36 bits per heavy atom. The molecule has 2 N–H and O–H groups in total. The molecule has 132 valence electrons. The summed E-state index contributed by atoms with van der Waals surface area (Å²) in [6.45, 7) is 0.402. The number of hydrogen-bond acceptors (Lipinski definition) is 4. The van der Waals surface area contributed by atoms with Crippen LogP contribution >= 0.6 is 0 Å². The fourth-order valence-electron chi connectivity index (χ4n) is 2.97. The number of aromatic nitrogens is 2. The Hall–Kier alpha value is -2.67. The van der Waals surface area contributed by atoms with E-state index in [1.165, 1.54) is 10.7 Å². The van der Waals surface area contributed by atoms with E-state index < -0.39 is 5.97 Å². The van der Waals surface area contributed by atoms with Gasteiger partial charge in [0.15, 0.2) is 5.69 Å². The van der Waals surface area contributed by atoms with Gasteiger partial charge in [-0.3, -0.25) is 4.79 Å². The highest BCUT2D eigenvalue weighted by molar-refractivity contribution is 5.85. The SMILES string of the molecule is COC1(CC(=O)NCc2cccc(-n3ccc(C(=O)O)n3)c2)CCC1. The third-order valence-corrected chi connectivity index (χ3v) is 4.65. The molecule has 7 heteroatoms. The van der Waals surface area contributed by atoms with Crippen molar-refractivity contribution in [3.8, 4) is 5.69 Å². The zero-order chi connectivity index (χ0) is 17.9. The third kappa shape index (κ3) is 3.88. The number of carboxylic acid groups (broad SMARTS) is 1. The second kappa shape index (κ2) is 7.06. The molecule has 3 rings (SSSR count). The minimum Gasteiger partial charge on any atom is -0.476 e. The van der Waals surface area contributed by atoms with Crippen molar-refractivity contribution in [1.82, 2.24) is 15.1 Å². The van der Waals surface area contributed by atoms with E-state index in [9.17, 15) is 9.59 Å². The molecule has 0 bridgehead atoms. The minimum absolute atomic E-state index is 0.0101. The number of rotatable bonds is 7. The van der Waals surface area contributed by atoms with E-state index >= 15 is 0 Å². The summed E-state index contributed by atoms with van der Waals surface area (Å²) in [5.41, 5.74) is 1.36. The Bertz CT molecular complexity index is 775. The quantitative estimate of drug-likeness (QED) is 0.803. The van der Waals surface area contributed by atoms with E-state index in [0.717, 1.165) is 30.5 Å². The summed E-state index contributed by atoms with van der Waals surface area (Å²) >= 11 is 0. The molecular formula is C18H21N3O4. The van der Waals surface area contributed by atoms with Gasteiger partial charge < -0.3 is 15.2 Å². The summed E-state index contributed by atoms with van der Waals surface area (Å²) in [4.78, 5) is 23.1. The van der Waals surface area contributed by atoms with Gasteiger partial charge in [-0.2, -0.15) is 5.10 Å². The smallest absolute Gasteiger partial charge is 0.356 e. The molecule has 0 atom stereocenters. The van der Waals surface area contributed by atoms with Crippen LogP contribution in [0.2, 0.25) is 0 Å². The zero-order valence-corrected chi connectivity index (χ0v) is 14.1. The summed E-state index contributed by atoms with van der Waals surface area (Å²) in [6.07, 6.45) is 4.94. The predicted octanol–water partition coefficient (Wildman–Crippen LogP) is 2.15. The van der Waals surface area contributed by atoms with Gasteiger partial charge in [0.2, 0.25) is 5.91 Å². The van der Waals surface area contributed by atoms with Gasteiger partial charge in [0, 0.05) is 19.9 Å². The topological polar surface area (TPSA) is 93.5 Å². The van der Waals surface area contributed by atoms with Crippen LogP contribution in [0, 0.1) is 0 Å². The first kappa shape index (κ1) is 17.2. The number of nitrogens with zero attached hydrogens (tertiary/aromatic N) is 2. The molecule has 0 aliphatic heterocycles. The molecule has 0 saturated heterocycles. The molecule has 7 nitrogen and oxygen atoms in total. The number of carbonyl (C=O) groups excluding carboxylic acids is 1. The second-order valence-corrected chi connectivity index (χ2v) is 6.31. The van der Waals surface area contributed by atoms with Gasteiger partial charge in [0.1, 0.15) is 0 Å². The number of benzene rings is 1. The number of aromatic carboxylic acids is 1. The molecule has 0 radical (unpaired) electrons. The maximum absolute atomic E-state index is 12.1.